The van der Waals surface area contributed by atoms with Crippen molar-refractivity contribution in [2.24, 2.45) is 5.92 Å². The quantitative estimate of drug-likeness (QED) is 0.618. The third-order valence-corrected chi connectivity index (χ3v) is 8.74. The van der Waals surface area contributed by atoms with Gasteiger partial charge in [-0.05, 0) is 38.7 Å². The third-order valence-electron chi connectivity index (χ3n) is 7.13. The first-order chi connectivity index (χ1) is 15.7. The summed E-state index contributed by atoms with van der Waals surface area (Å²) in [5.74, 6) is 0.180. The van der Waals surface area contributed by atoms with Crippen molar-refractivity contribution in [1.82, 2.24) is 19.0 Å². The van der Waals surface area contributed by atoms with Crippen LogP contribution in [0.4, 0.5) is 5.69 Å². The molecule has 2 saturated carbocycles. The normalized spacial score (nSPS) is 24.8. The molecule has 4 heterocycles. The Morgan fingerprint density at radius 3 is 2.79 bits per heavy atom. The molecule has 33 heavy (non-hydrogen) atoms. The second-order valence-corrected chi connectivity index (χ2v) is 11.6. The molecular weight excluding hydrogens is 446 g/mol. The number of carbonyl (C=O) groups excluding carboxylic acids is 2. The molecule has 2 aromatic rings. The molecule has 0 aromatic carbocycles. The summed E-state index contributed by atoms with van der Waals surface area (Å²) < 4.78 is 36.4. The van der Waals surface area contributed by atoms with E-state index < -0.39 is 15.6 Å². The maximum Gasteiger partial charge on any atom is 0.249 e. The van der Waals surface area contributed by atoms with Gasteiger partial charge in [-0.15, -0.1) is 0 Å². The number of nitrogens with zero attached hydrogens (tertiary/aromatic N) is 4. The highest BCUT2D eigenvalue weighted by Gasteiger charge is 2.42. The van der Waals surface area contributed by atoms with Crippen LogP contribution < -0.4 is 9.62 Å². The Kier molecular flexibility index (Phi) is 4.63. The van der Waals surface area contributed by atoms with Crippen LogP contribution in [0.25, 0.3) is 5.52 Å². The van der Waals surface area contributed by atoms with Gasteiger partial charge in [0.1, 0.15) is 11.5 Å². The molecule has 4 fully saturated rings. The SMILES string of the molecule is CC1(NS(=O)(=O)c2cc(N3CCN4C(=O)COC[C@H]4C3)c3cnc(C(=O)C4CC4)n3c2)CC1. The highest BCUT2D eigenvalue weighted by molar-refractivity contribution is 7.89. The minimum absolute atomic E-state index is 0.0177. The number of anilines is 1. The predicted molar refractivity (Wildman–Crippen MR) is 119 cm³/mol. The predicted octanol–water partition coefficient (Wildman–Crippen LogP) is 0.805. The average molecular weight is 474 g/mol. The molecule has 10 nitrogen and oxygen atoms in total. The molecule has 2 aliphatic heterocycles. The first-order valence-corrected chi connectivity index (χ1v) is 12.9. The van der Waals surface area contributed by atoms with Gasteiger partial charge in [-0.25, -0.2) is 18.1 Å². The Balaban J connectivity index is 1.43. The van der Waals surface area contributed by atoms with E-state index in [9.17, 15) is 18.0 Å². The van der Waals surface area contributed by atoms with Crippen LogP contribution >= 0.6 is 0 Å². The molecule has 1 amide bonds. The Bertz CT molecular complexity index is 1260. The van der Waals surface area contributed by atoms with Gasteiger partial charge >= 0.3 is 0 Å². The molecule has 0 unspecified atom stereocenters. The van der Waals surface area contributed by atoms with Crippen LogP contribution in [0.15, 0.2) is 23.4 Å². The number of carbonyl (C=O) groups is 2. The highest BCUT2D eigenvalue weighted by Crippen LogP contribution is 2.38. The van der Waals surface area contributed by atoms with Crippen LogP contribution in [0, 0.1) is 5.92 Å². The maximum atomic E-state index is 13.3. The van der Waals surface area contributed by atoms with E-state index in [-0.39, 0.29) is 41.0 Å². The van der Waals surface area contributed by atoms with Crippen LogP contribution in [0.1, 0.15) is 43.2 Å². The molecule has 2 aromatic heterocycles. The summed E-state index contributed by atoms with van der Waals surface area (Å²) in [5.41, 5.74) is 0.965. The van der Waals surface area contributed by atoms with Crippen LogP contribution in [0.3, 0.4) is 0 Å². The third kappa shape index (κ3) is 3.71. The summed E-state index contributed by atoms with van der Waals surface area (Å²) in [5, 5.41) is 0. The number of ether oxygens (including phenoxy) is 1. The van der Waals surface area contributed by atoms with E-state index in [1.165, 1.54) is 6.20 Å². The molecule has 0 spiro atoms. The van der Waals surface area contributed by atoms with E-state index in [1.807, 2.05) is 11.8 Å². The van der Waals surface area contributed by atoms with E-state index in [4.69, 9.17) is 4.74 Å². The standard InChI is InChI=1S/C22H27N5O5S/c1-22(4-5-22)24-33(30,31)16-8-17(25-6-7-26-15(10-25)12-32-13-19(26)28)18-9-23-21(27(18)11-16)20(29)14-2-3-14/h8-9,11,14-15,24H,2-7,10,12-13H2,1H3/t15-/m1/s1. The van der Waals surface area contributed by atoms with Crippen molar-refractivity contribution in [3.8, 4) is 0 Å². The molecule has 4 aliphatic rings. The molecule has 176 valence electrons. The van der Waals surface area contributed by atoms with Gasteiger partial charge in [-0.2, -0.15) is 0 Å². The zero-order chi connectivity index (χ0) is 23.0. The van der Waals surface area contributed by atoms with Crippen molar-refractivity contribution in [1.29, 1.82) is 0 Å². The van der Waals surface area contributed by atoms with Crippen molar-refractivity contribution < 1.29 is 22.7 Å². The Labute approximate surface area is 191 Å². The first-order valence-electron chi connectivity index (χ1n) is 11.5. The molecule has 1 atom stereocenters. The number of Topliss-reactive ketones (excluding diaryl/α,β-unsaturated/α-hetero) is 1. The lowest BCUT2D eigenvalue weighted by Gasteiger charge is -2.44. The summed E-state index contributed by atoms with van der Waals surface area (Å²) in [6, 6.07) is 1.57. The Morgan fingerprint density at radius 2 is 2.06 bits per heavy atom. The van der Waals surface area contributed by atoms with Crippen LogP contribution in [0.2, 0.25) is 0 Å². The van der Waals surface area contributed by atoms with Gasteiger partial charge in [-0.3, -0.25) is 14.0 Å². The molecule has 0 radical (unpaired) electrons. The van der Waals surface area contributed by atoms with Gasteiger partial charge in [0, 0.05) is 37.3 Å². The Morgan fingerprint density at radius 1 is 1.27 bits per heavy atom. The number of hydrogen-bond donors (Lipinski definition) is 1. The molecule has 2 saturated heterocycles. The minimum Gasteiger partial charge on any atom is -0.369 e. The highest BCUT2D eigenvalue weighted by atomic mass is 32.2. The van der Waals surface area contributed by atoms with Crippen molar-refractivity contribution in [3.05, 3.63) is 24.3 Å². The van der Waals surface area contributed by atoms with E-state index in [0.29, 0.717) is 37.4 Å². The van der Waals surface area contributed by atoms with Gasteiger partial charge in [0.05, 0.1) is 30.0 Å². The van der Waals surface area contributed by atoms with Crippen LogP contribution in [0.5, 0.6) is 0 Å². The smallest absolute Gasteiger partial charge is 0.249 e. The summed E-state index contributed by atoms with van der Waals surface area (Å²) >= 11 is 0. The minimum atomic E-state index is -3.79. The van der Waals surface area contributed by atoms with Gasteiger partial charge < -0.3 is 14.5 Å². The van der Waals surface area contributed by atoms with Gasteiger partial charge in [0.15, 0.2) is 5.82 Å². The average Bonchev–Trinajstić information content (AvgIpc) is 3.71. The lowest BCUT2D eigenvalue weighted by molar-refractivity contribution is -0.148. The number of ketones is 1. The van der Waals surface area contributed by atoms with Crippen molar-refractivity contribution in [2.45, 2.75) is 49.1 Å². The molecule has 6 rings (SSSR count). The Hall–Kier alpha value is -2.50. The number of nitrogens with one attached hydrogen (secondary N) is 1. The number of imidazole rings is 1. The number of rotatable bonds is 6. The number of piperazine rings is 1. The second kappa shape index (κ2) is 7.25. The van der Waals surface area contributed by atoms with E-state index in [2.05, 4.69) is 14.6 Å². The van der Waals surface area contributed by atoms with E-state index in [0.717, 1.165) is 25.7 Å². The first kappa shape index (κ1) is 21.1. The topological polar surface area (TPSA) is 113 Å². The van der Waals surface area contributed by atoms with Crippen molar-refractivity contribution >= 4 is 32.9 Å². The zero-order valence-electron chi connectivity index (χ0n) is 18.5. The van der Waals surface area contributed by atoms with E-state index in [1.54, 1.807) is 16.7 Å². The molecule has 11 heteroatoms. The molecule has 2 aliphatic carbocycles. The number of fused-ring (bicyclic) bond motifs is 2. The summed E-state index contributed by atoms with van der Waals surface area (Å²) in [4.78, 5) is 33.5. The lowest BCUT2D eigenvalue weighted by atomic mass is 10.1. The number of sulfonamides is 1. The summed E-state index contributed by atoms with van der Waals surface area (Å²) in [6.07, 6.45) is 6.45. The number of hydrogen-bond acceptors (Lipinski definition) is 7. The summed E-state index contributed by atoms with van der Waals surface area (Å²) in [6.45, 7) is 4.06. The van der Waals surface area contributed by atoms with Gasteiger partial charge in [-0.1, -0.05) is 0 Å². The largest absolute Gasteiger partial charge is 0.369 e. The summed E-state index contributed by atoms with van der Waals surface area (Å²) in [7, 11) is -3.79. The van der Waals surface area contributed by atoms with Gasteiger partial charge in [0.25, 0.3) is 0 Å². The number of morpholine rings is 1. The van der Waals surface area contributed by atoms with Crippen molar-refractivity contribution in [2.75, 3.05) is 37.7 Å². The number of pyridine rings is 1. The van der Waals surface area contributed by atoms with Crippen LogP contribution in [-0.2, 0) is 19.6 Å². The fraction of sp³-hybridized carbons (Fsp3) is 0.591. The van der Waals surface area contributed by atoms with Gasteiger partial charge in [0.2, 0.25) is 21.7 Å². The fourth-order valence-corrected chi connectivity index (χ4v) is 6.23. The fourth-order valence-electron chi connectivity index (χ4n) is 4.75. The molecular formula is C22H27N5O5S. The van der Waals surface area contributed by atoms with Crippen LogP contribution in [-0.4, -0.2) is 78.8 Å². The maximum absolute atomic E-state index is 13.3. The number of amides is 1. The second-order valence-electron chi connectivity index (χ2n) is 9.90. The lowest BCUT2D eigenvalue weighted by Crippen LogP contribution is -2.60. The molecule has 0 bridgehead atoms. The monoisotopic (exact) mass is 473 g/mol. The molecule has 1 N–H and O–H groups in total. The van der Waals surface area contributed by atoms with Crippen molar-refractivity contribution in [3.63, 3.8) is 0 Å². The number of aromatic nitrogens is 2. The zero-order valence-corrected chi connectivity index (χ0v) is 19.3. The van der Waals surface area contributed by atoms with E-state index >= 15 is 0 Å².